The number of rotatable bonds is 5. The maximum atomic E-state index is 11.8. The lowest BCUT2D eigenvalue weighted by molar-refractivity contribution is -0.137. The number of carboxylic acids is 1. The molecule has 100 valence electrons. The topological polar surface area (TPSA) is 102 Å². The molecule has 2 aromatic heterocycles. The first-order valence-corrected chi connectivity index (χ1v) is 5.60. The number of hydrogen-bond acceptors (Lipinski definition) is 4. The molecule has 1 amide bonds. The minimum atomic E-state index is -0.906. The third kappa shape index (κ3) is 3.41. The Bertz CT molecular complexity index is 601. The Kier molecular flexibility index (Phi) is 3.60. The molecule has 0 spiro atoms. The van der Waals surface area contributed by atoms with E-state index in [-0.39, 0.29) is 24.6 Å². The Morgan fingerprint density at radius 3 is 2.89 bits per heavy atom. The number of nitrogens with one attached hydrogen (secondary N) is 1. The number of carbonyl (C=O) groups is 2. The number of carbonyl (C=O) groups excluding carboxylic acids is 1. The maximum absolute atomic E-state index is 11.8. The summed E-state index contributed by atoms with van der Waals surface area (Å²) in [4.78, 5) is 22.3. The van der Waals surface area contributed by atoms with Gasteiger partial charge in [0.15, 0.2) is 5.69 Å². The van der Waals surface area contributed by atoms with E-state index in [1.54, 1.807) is 24.1 Å². The number of nitrogens with zero attached hydrogens (tertiary/aromatic N) is 4. The van der Waals surface area contributed by atoms with E-state index in [0.29, 0.717) is 5.69 Å². The van der Waals surface area contributed by atoms with Gasteiger partial charge in [-0.1, -0.05) is 0 Å². The summed E-state index contributed by atoms with van der Waals surface area (Å²) in [5.41, 5.74) is 0.807. The van der Waals surface area contributed by atoms with Gasteiger partial charge in [0.1, 0.15) is 0 Å². The van der Waals surface area contributed by atoms with Crippen LogP contribution in [-0.2, 0) is 18.4 Å². The molecule has 0 radical (unpaired) electrons. The summed E-state index contributed by atoms with van der Waals surface area (Å²) in [6.07, 6.45) is 4.73. The van der Waals surface area contributed by atoms with E-state index in [4.69, 9.17) is 5.11 Å². The van der Waals surface area contributed by atoms with Gasteiger partial charge in [-0.05, 0) is 6.07 Å². The Morgan fingerprint density at radius 2 is 2.26 bits per heavy atom. The molecule has 2 rings (SSSR count). The molecule has 0 aliphatic rings. The Morgan fingerprint density at radius 1 is 1.47 bits per heavy atom. The fourth-order valence-corrected chi connectivity index (χ4v) is 1.50. The molecule has 8 heteroatoms. The summed E-state index contributed by atoms with van der Waals surface area (Å²) in [6, 6.07) is 1.54. The van der Waals surface area contributed by atoms with Crippen LogP contribution < -0.4 is 5.32 Å². The van der Waals surface area contributed by atoms with Gasteiger partial charge >= 0.3 is 5.97 Å². The molecule has 0 aliphatic heterocycles. The summed E-state index contributed by atoms with van der Waals surface area (Å²) in [5.74, 6) is -1.26. The van der Waals surface area contributed by atoms with E-state index in [1.807, 2.05) is 0 Å². The monoisotopic (exact) mass is 263 g/mol. The number of aromatic nitrogens is 4. The lowest BCUT2D eigenvalue weighted by atomic mass is 10.4. The van der Waals surface area contributed by atoms with Crippen LogP contribution in [0.2, 0.25) is 0 Å². The largest absolute Gasteiger partial charge is 0.481 e. The van der Waals surface area contributed by atoms with Crippen molar-refractivity contribution < 1.29 is 14.7 Å². The van der Waals surface area contributed by atoms with Gasteiger partial charge in [-0.25, -0.2) is 0 Å². The van der Waals surface area contributed by atoms with Crippen molar-refractivity contribution in [2.45, 2.75) is 13.0 Å². The highest BCUT2D eigenvalue weighted by Crippen LogP contribution is 2.06. The molecule has 0 aliphatic carbocycles. The van der Waals surface area contributed by atoms with Crippen LogP contribution in [-0.4, -0.2) is 36.5 Å². The normalized spacial score (nSPS) is 10.4. The molecule has 2 heterocycles. The quantitative estimate of drug-likeness (QED) is 0.810. The highest BCUT2D eigenvalue weighted by molar-refractivity contribution is 6.02. The second kappa shape index (κ2) is 5.34. The number of anilines is 1. The highest BCUT2D eigenvalue weighted by Gasteiger charge is 2.11. The molecular formula is C11H13N5O3. The summed E-state index contributed by atoms with van der Waals surface area (Å²) < 4.78 is 2.99. The van der Waals surface area contributed by atoms with Gasteiger partial charge < -0.3 is 10.4 Å². The van der Waals surface area contributed by atoms with Crippen LogP contribution in [0.1, 0.15) is 16.9 Å². The first-order valence-electron chi connectivity index (χ1n) is 5.60. The van der Waals surface area contributed by atoms with Crippen molar-refractivity contribution >= 4 is 17.6 Å². The predicted octanol–water partition coefficient (Wildman–Crippen LogP) is 0.344. The lowest BCUT2D eigenvalue weighted by Crippen LogP contribution is -2.13. The second-order valence-corrected chi connectivity index (χ2v) is 3.96. The van der Waals surface area contributed by atoms with Crippen LogP contribution in [0.15, 0.2) is 24.7 Å². The van der Waals surface area contributed by atoms with Gasteiger partial charge in [0, 0.05) is 19.4 Å². The molecule has 8 nitrogen and oxygen atoms in total. The maximum Gasteiger partial charge on any atom is 0.305 e. The number of hydrogen-bond donors (Lipinski definition) is 2. The molecule has 0 fully saturated rings. The Balaban J connectivity index is 1.97. The van der Waals surface area contributed by atoms with Gasteiger partial charge in [0.25, 0.3) is 5.91 Å². The molecule has 2 aromatic rings. The van der Waals surface area contributed by atoms with Crippen LogP contribution in [0.25, 0.3) is 0 Å². The summed E-state index contributed by atoms with van der Waals surface area (Å²) in [5, 5.41) is 19.1. The van der Waals surface area contributed by atoms with Crippen LogP contribution in [0.5, 0.6) is 0 Å². The standard InChI is InChI=1S/C11H13N5O3/c1-15-7-8(6-12-15)13-11(19)9-2-4-16(14-9)5-3-10(17)18/h2,4,6-7H,3,5H2,1H3,(H,13,19)(H,17,18). The van der Waals surface area contributed by atoms with Crippen molar-refractivity contribution in [2.24, 2.45) is 7.05 Å². The molecule has 0 bridgehead atoms. The molecule has 0 unspecified atom stereocenters. The second-order valence-electron chi connectivity index (χ2n) is 3.96. The van der Waals surface area contributed by atoms with E-state index < -0.39 is 5.97 Å². The third-order valence-corrected chi connectivity index (χ3v) is 2.39. The van der Waals surface area contributed by atoms with Crippen molar-refractivity contribution in [3.8, 4) is 0 Å². The van der Waals surface area contributed by atoms with Crippen LogP contribution in [0.4, 0.5) is 5.69 Å². The van der Waals surface area contributed by atoms with Gasteiger partial charge in [-0.2, -0.15) is 10.2 Å². The van der Waals surface area contributed by atoms with E-state index in [1.165, 1.54) is 16.9 Å². The van der Waals surface area contributed by atoms with Gasteiger partial charge in [0.2, 0.25) is 0 Å². The Labute approximate surface area is 108 Å². The van der Waals surface area contributed by atoms with E-state index in [0.717, 1.165) is 0 Å². The van der Waals surface area contributed by atoms with Crippen LogP contribution >= 0.6 is 0 Å². The minimum absolute atomic E-state index is 0.0364. The van der Waals surface area contributed by atoms with Crippen molar-refractivity contribution in [1.82, 2.24) is 19.6 Å². The Hall–Kier alpha value is -2.64. The molecule has 0 saturated carbocycles. The average molecular weight is 263 g/mol. The summed E-state index contributed by atoms with van der Waals surface area (Å²) in [6.45, 7) is 0.232. The zero-order valence-electron chi connectivity index (χ0n) is 10.3. The van der Waals surface area contributed by atoms with Crippen molar-refractivity contribution in [3.63, 3.8) is 0 Å². The fourth-order valence-electron chi connectivity index (χ4n) is 1.50. The molecule has 0 aromatic carbocycles. The zero-order chi connectivity index (χ0) is 13.8. The number of amides is 1. The van der Waals surface area contributed by atoms with E-state index in [9.17, 15) is 9.59 Å². The van der Waals surface area contributed by atoms with Gasteiger partial charge in [-0.15, -0.1) is 0 Å². The number of aryl methyl sites for hydroxylation is 2. The molecule has 0 saturated heterocycles. The molecule has 0 atom stereocenters. The van der Waals surface area contributed by atoms with Crippen LogP contribution in [0, 0.1) is 0 Å². The van der Waals surface area contributed by atoms with Crippen molar-refractivity contribution in [1.29, 1.82) is 0 Å². The number of carboxylic acid groups (broad SMARTS) is 1. The first kappa shape index (κ1) is 12.8. The smallest absolute Gasteiger partial charge is 0.305 e. The van der Waals surface area contributed by atoms with Crippen LogP contribution in [0.3, 0.4) is 0 Å². The van der Waals surface area contributed by atoms with Gasteiger partial charge in [0.05, 0.1) is 24.8 Å². The summed E-state index contributed by atoms with van der Waals surface area (Å²) in [7, 11) is 1.75. The first-order chi connectivity index (χ1) is 9.04. The molecular weight excluding hydrogens is 250 g/mol. The summed E-state index contributed by atoms with van der Waals surface area (Å²) >= 11 is 0. The highest BCUT2D eigenvalue weighted by atomic mass is 16.4. The van der Waals surface area contributed by atoms with E-state index >= 15 is 0 Å². The third-order valence-electron chi connectivity index (χ3n) is 2.39. The lowest BCUT2D eigenvalue weighted by Gasteiger charge is -1.99. The van der Waals surface area contributed by atoms with Crippen molar-refractivity contribution in [3.05, 3.63) is 30.4 Å². The van der Waals surface area contributed by atoms with Gasteiger partial charge in [-0.3, -0.25) is 19.0 Å². The molecule has 19 heavy (non-hydrogen) atoms. The SMILES string of the molecule is Cn1cc(NC(=O)c2ccn(CCC(=O)O)n2)cn1. The predicted molar refractivity (Wildman–Crippen MR) is 65.6 cm³/mol. The minimum Gasteiger partial charge on any atom is -0.481 e. The average Bonchev–Trinajstić information content (AvgIpc) is 2.95. The van der Waals surface area contributed by atoms with Crippen molar-refractivity contribution in [2.75, 3.05) is 5.32 Å². The number of aliphatic carboxylic acids is 1. The zero-order valence-corrected chi connectivity index (χ0v) is 10.3. The van der Waals surface area contributed by atoms with E-state index in [2.05, 4.69) is 15.5 Å². The molecule has 2 N–H and O–H groups in total. The fraction of sp³-hybridized carbons (Fsp3) is 0.273.